The standard InChI is InChI=1S/C12H14ClN3O2S2/c1-14-12-16-10(8-19-12)5-6-15-20(17,18)11-4-2-3-9(13)7-11/h2-4,7-8,15H,5-6H2,1H3,(H,14,16). The van der Waals surface area contributed by atoms with Gasteiger partial charge in [-0.05, 0) is 18.2 Å². The molecule has 2 aromatic rings. The number of rotatable bonds is 6. The molecule has 0 spiro atoms. The summed E-state index contributed by atoms with van der Waals surface area (Å²) in [5, 5.41) is 6.05. The number of aromatic nitrogens is 1. The first-order valence-electron chi connectivity index (χ1n) is 5.88. The van der Waals surface area contributed by atoms with Crippen LogP contribution >= 0.6 is 22.9 Å². The number of nitrogens with one attached hydrogen (secondary N) is 2. The van der Waals surface area contributed by atoms with Crippen molar-refractivity contribution in [3.63, 3.8) is 0 Å². The molecule has 2 N–H and O–H groups in total. The molecule has 0 aliphatic heterocycles. The second-order valence-corrected chi connectivity index (χ2v) is 7.06. The molecule has 0 saturated carbocycles. The maximum absolute atomic E-state index is 12.0. The fraction of sp³-hybridized carbons (Fsp3) is 0.250. The van der Waals surface area contributed by atoms with Crippen molar-refractivity contribution in [2.24, 2.45) is 0 Å². The van der Waals surface area contributed by atoms with Gasteiger partial charge in [-0.25, -0.2) is 18.1 Å². The molecule has 1 heterocycles. The van der Waals surface area contributed by atoms with Crippen molar-refractivity contribution in [3.05, 3.63) is 40.4 Å². The summed E-state index contributed by atoms with van der Waals surface area (Å²) in [4.78, 5) is 4.45. The van der Waals surface area contributed by atoms with Crippen LogP contribution in [0.15, 0.2) is 34.5 Å². The highest BCUT2D eigenvalue weighted by molar-refractivity contribution is 7.89. The zero-order valence-electron chi connectivity index (χ0n) is 10.8. The van der Waals surface area contributed by atoms with Crippen LogP contribution in [0.3, 0.4) is 0 Å². The number of benzene rings is 1. The Balaban J connectivity index is 1.96. The van der Waals surface area contributed by atoms with E-state index >= 15 is 0 Å². The van der Waals surface area contributed by atoms with E-state index in [1.807, 2.05) is 5.38 Å². The van der Waals surface area contributed by atoms with Crippen LogP contribution in [0.2, 0.25) is 5.02 Å². The van der Waals surface area contributed by atoms with Crippen LogP contribution in [0.1, 0.15) is 5.69 Å². The Morgan fingerprint density at radius 2 is 2.20 bits per heavy atom. The van der Waals surface area contributed by atoms with Gasteiger partial charge < -0.3 is 5.32 Å². The van der Waals surface area contributed by atoms with Gasteiger partial charge in [-0.2, -0.15) is 0 Å². The summed E-state index contributed by atoms with van der Waals surface area (Å²) >= 11 is 7.28. The van der Waals surface area contributed by atoms with Crippen molar-refractivity contribution in [3.8, 4) is 0 Å². The predicted molar refractivity (Wildman–Crippen MR) is 82.0 cm³/mol. The SMILES string of the molecule is CNc1nc(CCNS(=O)(=O)c2cccc(Cl)c2)cs1. The lowest BCUT2D eigenvalue weighted by molar-refractivity contribution is 0.581. The number of sulfonamides is 1. The lowest BCUT2D eigenvalue weighted by atomic mass is 10.3. The lowest BCUT2D eigenvalue weighted by Crippen LogP contribution is -2.26. The minimum absolute atomic E-state index is 0.166. The highest BCUT2D eigenvalue weighted by Gasteiger charge is 2.13. The van der Waals surface area contributed by atoms with Crippen LogP contribution in [0, 0.1) is 0 Å². The fourth-order valence-corrected chi connectivity index (χ4v) is 3.61. The predicted octanol–water partition coefficient (Wildman–Crippen LogP) is 2.36. The van der Waals surface area contributed by atoms with Crippen LogP contribution in [0.25, 0.3) is 0 Å². The molecule has 0 unspecified atom stereocenters. The van der Waals surface area contributed by atoms with E-state index in [1.54, 1.807) is 19.2 Å². The van der Waals surface area contributed by atoms with E-state index in [2.05, 4.69) is 15.0 Å². The molecule has 0 fully saturated rings. The Morgan fingerprint density at radius 1 is 1.40 bits per heavy atom. The summed E-state index contributed by atoms with van der Waals surface area (Å²) in [5.41, 5.74) is 0.855. The number of nitrogens with zero attached hydrogens (tertiary/aromatic N) is 1. The second kappa shape index (κ2) is 6.53. The van der Waals surface area contributed by atoms with Gasteiger partial charge in [-0.15, -0.1) is 11.3 Å². The van der Waals surface area contributed by atoms with Crippen LogP contribution < -0.4 is 10.0 Å². The lowest BCUT2D eigenvalue weighted by Gasteiger charge is -2.06. The first-order chi connectivity index (χ1) is 9.51. The quantitative estimate of drug-likeness (QED) is 0.852. The zero-order chi connectivity index (χ0) is 14.6. The molecule has 0 radical (unpaired) electrons. The Bertz CT molecular complexity index is 686. The van der Waals surface area contributed by atoms with E-state index < -0.39 is 10.0 Å². The molecule has 0 aliphatic carbocycles. The van der Waals surface area contributed by atoms with E-state index in [0.29, 0.717) is 18.0 Å². The Labute approximate surface area is 127 Å². The van der Waals surface area contributed by atoms with E-state index in [9.17, 15) is 8.42 Å². The first-order valence-corrected chi connectivity index (χ1v) is 8.63. The summed E-state index contributed by atoms with van der Waals surface area (Å²) in [6.45, 7) is 0.293. The molecule has 0 atom stereocenters. The molecule has 8 heteroatoms. The van der Waals surface area contributed by atoms with Gasteiger partial charge in [0.1, 0.15) is 0 Å². The van der Waals surface area contributed by atoms with Gasteiger partial charge in [0, 0.05) is 30.4 Å². The summed E-state index contributed by atoms with van der Waals surface area (Å²) < 4.78 is 26.6. The number of hydrogen-bond donors (Lipinski definition) is 2. The minimum Gasteiger partial charge on any atom is -0.365 e. The number of anilines is 1. The third kappa shape index (κ3) is 3.92. The van der Waals surface area contributed by atoms with Gasteiger partial charge in [0.15, 0.2) is 5.13 Å². The van der Waals surface area contributed by atoms with Crippen LogP contribution in [-0.2, 0) is 16.4 Å². The van der Waals surface area contributed by atoms with Crippen molar-refractivity contribution in [1.29, 1.82) is 0 Å². The maximum Gasteiger partial charge on any atom is 0.240 e. The van der Waals surface area contributed by atoms with Gasteiger partial charge >= 0.3 is 0 Å². The van der Waals surface area contributed by atoms with Crippen molar-refractivity contribution < 1.29 is 8.42 Å². The average molecular weight is 332 g/mol. The number of hydrogen-bond acceptors (Lipinski definition) is 5. The van der Waals surface area contributed by atoms with E-state index in [1.165, 1.54) is 23.5 Å². The smallest absolute Gasteiger partial charge is 0.240 e. The van der Waals surface area contributed by atoms with Gasteiger partial charge in [0.25, 0.3) is 0 Å². The Kier molecular flexibility index (Phi) is 4.98. The highest BCUT2D eigenvalue weighted by Crippen LogP contribution is 2.16. The first kappa shape index (κ1) is 15.2. The van der Waals surface area contributed by atoms with Crippen molar-refractivity contribution in [2.45, 2.75) is 11.3 Å². The van der Waals surface area contributed by atoms with E-state index in [0.717, 1.165) is 10.8 Å². The topological polar surface area (TPSA) is 71.1 Å². The Hall–Kier alpha value is -1.15. The van der Waals surface area contributed by atoms with Crippen molar-refractivity contribution in [1.82, 2.24) is 9.71 Å². The molecule has 108 valence electrons. The van der Waals surface area contributed by atoms with Crippen molar-refractivity contribution >= 4 is 38.1 Å². The molecular weight excluding hydrogens is 318 g/mol. The van der Waals surface area contributed by atoms with Crippen LogP contribution in [-0.4, -0.2) is 27.0 Å². The zero-order valence-corrected chi connectivity index (χ0v) is 13.1. The molecule has 0 bridgehead atoms. The van der Waals surface area contributed by atoms with Gasteiger partial charge in [0.2, 0.25) is 10.0 Å². The molecule has 0 saturated heterocycles. The highest BCUT2D eigenvalue weighted by atomic mass is 35.5. The molecule has 20 heavy (non-hydrogen) atoms. The van der Waals surface area contributed by atoms with Gasteiger partial charge in [0.05, 0.1) is 10.6 Å². The second-order valence-electron chi connectivity index (χ2n) is 4.00. The maximum atomic E-state index is 12.0. The third-order valence-corrected chi connectivity index (χ3v) is 5.15. The van der Waals surface area contributed by atoms with Gasteiger partial charge in [-0.1, -0.05) is 17.7 Å². The summed E-state index contributed by atoms with van der Waals surface area (Å²) in [6.07, 6.45) is 0.540. The molecule has 0 aliphatic rings. The summed E-state index contributed by atoms with van der Waals surface area (Å²) in [5.74, 6) is 0. The normalized spacial score (nSPS) is 11.5. The molecule has 5 nitrogen and oxygen atoms in total. The largest absolute Gasteiger partial charge is 0.365 e. The van der Waals surface area contributed by atoms with Crippen LogP contribution in [0.5, 0.6) is 0 Å². The van der Waals surface area contributed by atoms with Crippen LogP contribution in [0.4, 0.5) is 5.13 Å². The fourth-order valence-electron chi connectivity index (χ4n) is 1.57. The van der Waals surface area contributed by atoms with E-state index in [4.69, 9.17) is 11.6 Å². The number of thiazole rings is 1. The number of halogens is 1. The average Bonchev–Trinajstić information content (AvgIpc) is 2.86. The summed E-state index contributed by atoms with van der Waals surface area (Å²) in [6, 6.07) is 6.17. The van der Waals surface area contributed by atoms with Gasteiger partial charge in [-0.3, -0.25) is 0 Å². The summed E-state index contributed by atoms with van der Waals surface area (Å²) in [7, 11) is -1.73. The molecule has 2 rings (SSSR count). The van der Waals surface area contributed by atoms with Crippen molar-refractivity contribution in [2.75, 3.05) is 18.9 Å². The molecular formula is C12H14ClN3O2S2. The monoisotopic (exact) mass is 331 g/mol. The molecule has 1 aromatic carbocycles. The minimum atomic E-state index is -3.53. The molecule has 1 aromatic heterocycles. The third-order valence-electron chi connectivity index (χ3n) is 2.55. The Morgan fingerprint density at radius 3 is 2.85 bits per heavy atom. The van der Waals surface area contributed by atoms with E-state index in [-0.39, 0.29) is 4.90 Å². The molecule has 0 amide bonds.